The average molecular weight is 993 g/mol. The number of H-pyrrole nitrogens is 1. The molecule has 0 bridgehead atoms. The minimum atomic E-state index is -4.81. The highest BCUT2D eigenvalue weighted by molar-refractivity contribution is 7.81. The van der Waals surface area contributed by atoms with Crippen molar-refractivity contribution in [2.45, 2.75) is 90.3 Å². The van der Waals surface area contributed by atoms with Crippen LogP contribution in [0, 0.1) is 16.7 Å². The van der Waals surface area contributed by atoms with Gasteiger partial charge in [-0.1, -0.05) is 69.3 Å². The Hall–Kier alpha value is -7.14. The summed E-state index contributed by atoms with van der Waals surface area (Å²) in [7, 11) is 0. The molecule has 4 aromatic carbocycles. The fraction of sp³-hybridized carbons (Fsp3) is 0.365. The molecule has 71 heavy (non-hydrogen) atoms. The summed E-state index contributed by atoms with van der Waals surface area (Å²) in [5, 5.41) is 32.4. The lowest BCUT2D eigenvalue weighted by atomic mass is 9.85. The third kappa shape index (κ3) is 11.9. The first-order chi connectivity index (χ1) is 33.7. The predicted octanol–water partition coefficient (Wildman–Crippen LogP) is 7.54. The highest BCUT2D eigenvalue weighted by Gasteiger charge is 2.51. The summed E-state index contributed by atoms with van der Waals surface area (Å²) in [6.45, 7) is 9.29. The second-order valence-corrected chi connectivity index (χ2v) is 19.3. The number of hydrogen-bond donors (Lipinski definition) is 4. The van der Waals surface area contributed by atoms with E-state index in [1.165, 1.54) is 11.0 Å². The molecule has 0 spiro atoms. The number of unbranched alkanes of at least 4 members (excludes halogenated alkanes) is 1. The normalized spacial score (nSPS) is 17.3. The van der Waals surface area contributed by atoms with Crippen LogP contribution in [0.25, 0.3) is 22.4 Å². The molecule has 0 aliphatic carbocycles. The van der Waals surface area contributed by atoms with Crippen LogP contribution >= 0.6 is 12.2 Å². The summed E-state index contributed by atoms with van der Waals surface area (Å²) >= 11 is 5.67. The fourth-order valence-electron chi connectivity index (χ4n) is 8.52. The van der Waals surface area contributed by atoms with E-state index in [4.69, 9.17) is 21.7 Å². The number of likely N-dealkylation sites (tertiary alicyclic amines) is 1. The number of anilines is 2. The molecule has 2 aliphatic heterocycles. The van der Waals surface area contributed by atoms with Gasteiger partial charge in [-0.3, -0.25) is 29.2 Å². The SMILES string of the molecule is CC(C)(C)C(NC(=O)COCCCCOc1ccc(-c2ccc(N3C(=S)N(c4ccc(C#N)c(C(F)(F)F)c4)C(=O)C3(C)C)cc2)cc1)C(=O)N1C[C@H](O)C[C@H]1C(=O)NCc1ccc(-c2ccn[nH]2)cc1. The van der Waals surface area contributed by atoms with Crippen LogP contribution in [0.2, 0.25) is 0 Å². The minimum absolute atomic E-state index is 0.00229. The number of aliphatic hydroxyl groups excluding tert-OH is 1. The van der Waals surface area contributed by atoms with Crippen molar-refractivity contribution in [3.63, 3.8) is 0 Å². The zero-order chi connectivity index (χ0) is 51.3. The van der Waals surface area contributed by atoms with Crippen molar-refractivity contribution in [1.29, 1.82) is 5.26 Å². The van der Waals surface area contributed by atoms with Crippen LogP contribution in [-0.2, 0) is 36.6 Å². The molecule has 372 valence electrons. The lowest BCUT2D eigenvalue weighted by Gasteiger charge is -2.35. The molecule has 3 heterocycles. The molecule has 1 aromatic heterocycles. The molecule has 5 aromatic rings. The molecule has 19 heteroatoms. The van der Waals surface area contributed by atoms with Crippen molar-refractivity contribution in [3.8, 4) is 34.2 Å². The maximum atomic E-state index is 14.0. The van der Waals surface area contributed by atoms with E-state index in [9.17, 15) is 42.7 Å². The first kappa shape index (κ1) is 51.7. The summed E-state index contributed by atoms with van der Waals surface area (Å²) < 4.78 is 52.9. The number of halogens is 3. The Balaban J connectivity index is 0.841. The smallest absolute Gasteiger partial charge is 0.417 e. The number of β-amino-alcohol motifs (C(OH)–C–C–N with tert-alkyl or cyclic N) is 1. The van der Waals surface area contributed by atoms with Crippen molar-refractivity contribution in [2.24, 2.45) is 5.41 Å². The number of nitriles is 1. The van der Waals surface area contributed by atoms with Crippen molar-refractivity contribution >= 4 is 52.3 Å². The number of rotatable bonds is 17. The third-order valence-corrected chi connectivity index (χ3v) is 12.7. The van der Waals surface area contributed by atoms with Crippen LogP contribution in [0.15, 0.2) is 103 Å². The zero-order valence-electron chi connectivity index (χ0n) is 39.9. The van der Waals surface area contributed by atoms with Crippen LogP contribution in [-0.4, -0.2) is 99.0 Å². The monoisotopic (exact) mass is 992 g/mol. The third-order valence-electron chi connectivity index (χ3n) is 12.4. The molecule has 7 rings (SSSR count). The van der Waals surface area contributed by atoms with Gasteiger partial charge in [0.1, 0.15) is 30.0 Å². The van der Waals surface area contributed by atoms with Crippen LogP contribution in [0.4, 0.5) is 24.5 Å². The number of hydrogen-bond acceptors (Lipinski definition) is 10. The van der Waals surface area contributed by atoms with Gasteiger partial charge in [0.25, 0.3) is 5.91 Å². The second-order valence-electron chi connectivity index (χ2n) is 19.0. The number of amides is 4. The van der Waals surface area contributed by atoms with E-state index in [0.717, 1.165) is 45.0 Å². The van der Waals surface area contributed by atoms with Crippen molar-refractivity contribution < 1.29 is 46.9 Å². The standard InChI is InChI=1S/C52H55F3N8O7S/c1-50(2,3)45(47(67)61-30-39(64)27-43(61)46(66)57-29-32-8-10-35(11-9-32)42-22-23-58-60-42)59-44(65)31-69-24-6-7-25-70-40-20-15-34(16-21-40)33-12-17-37(18-13-33)63-49(71)62(48(68)51(63,4)5)38-19-14-36(28-56)41(26-38)52(53,54)55/h8-23,26,39,43,45,64H,6-7,24-25,27,29-31H2,1-5H3,(H,57,66)(H,58,60)(H,59,65)/t39-,43+,45?/m1/s1. The molecule has 4 N–H and O–H groups in total. The van der Waals surface area contributed by atoms with Gasteiger partial charge in [0.2, 0.25) is 17.7 Å². The van der Waals surface area contributed by atoms with Gasteiger partial charge in [-0.2, -0.15) is 23.5 Å². The molecular formula is C52H55F3N8O7S. The van der Waals surface area contributed by atoms with Gasteiger partial charge >= 0.3 is 6.18 Å². The number of aromatic nitrogens is 2. The number of ether oxygens (including phenoxy) is 2. The van der Waals surface area contributed by atoms with E-state index in [2.05, 4.69) is 20.8 Å². The minimum Gasteiger partial charge on any atom is -0.494 e. The first-order valence-corrected chi connectivity index (χ1v) is 23.4. The average Bonchev–Trinajstić information content (AvgIpc) is 4.06. The molecule has 2 fully saturated rings. The number of benzene rings is 4. The quantitative estimate of drug-likeness (QED) is 0.0532. The van der Waals surface area contributed by atoms with E-state index < -0.39 is 70.1 Å². The topological polar surface area (TPSA) is 193 Å². The zero-order valence-corrected chi connectivity index (χ0v) is 40.7. The van der Waals surface area contributed by atoms with Crippen LogP contribution in [0.5, 0.6) is 5.75 Å². The Bertz CT molecular complexity index is 2770. The number of aliphatic hydroxyl groups is 1. The van der Waals surface area contributed by atoms with E-state index in [1.54, 1.807) is 43.1 Å². The van der Waals surface area contributed by atoms with Gasteiger partial charge < -0.3 is 35.0 Å². The van der Waals surface area contributed by atoms with Crippen molar-refractivity contribution in [1.82, 2.24) is 25.7 Å². The molecule has 2 aliphatic rings. The van der Waals surface area contributed by atoms with Crippen LogP contribution < -0.4 is 25.2 Å². The lowest BCUT2D eigenvalue weighted by molar-refractivity contribution is -0.144. The van der Waals surface area contributed by atoms with Crippen molar-refractivity contribution in [2.75, 3.05) is 36.2 Å². The van der Waals surface area contributed by atoms with Crippen molar-refractivity contribution in [3.05, 3.63) is 120 Å². The Morgan fingerprint density at radius 1 is 0.930 bits per heavy atom. The Morgan fingerprint density at radius 3 is 2.18 bits per heavy atom. The maximum Gasteiger partial charge on any atom is 0.417 e. The summed E-state index contributed by atoms with van der Waals surface area (Å²) in [5.41, 5.74) is 1.23. The molecule has 1 unspecified atom stereocenters. The predicted molar refractivity (Wildman–Crippen MR) is 264 cm³/mol. The van der Waals surface area contributed by atoms with Crippen LogP contribution in [0.1, 0.15) is 70.6 Å². The van der Waals surface area contributed by atoms with E-state index in [0.29, 0.717) is 30.9 Å². The number of carbonyl (C=O) groups is 4. The van der Waals surface area contributed by atoms with E-state index in [1.807, 2.05) is 87.5 Å². The molecule has 0 saturated carbocycles. The van der Waals surface area contributed by atoms with Gasteiger partial charge in [-0.15, -0.1) is 0 Å². The molecule has 15 nitrogen and oxygen atoms in total. The van der Waals surface area contributed by atoms with Crippen LogP contribution in [0.3, 0.4) is 0 Å². The number of carbonyl (C=O) groups excluding carboxylic acids is 4. The molecule has 3 atom stereocenters. The number of alkyl halides is 3. The Labute approximate surface area is 414 Å². The largest absolute Gasteiger partial charge is 0.494 e. The molecule has 2 saturated heterocycles. The second kappa shape index (κ2) is 21.5. The Kier molecular flexibility index (Phi) is 15.6. The summed E-state index contributed by atoms with van der Waals surface area (Å²) in [4.78, 5) is 58.1. The maximum absolute atomic E-state index is 14.0. The molecular weight excluding hydrogens is 938 g/mol. The summed E-state index contributed by atoms with van der Waals surface area (Å²) in [5.74, 6) is -1.22. The van der Waals surface area contributed by atoms with Gasteiger partial charge in [-0.05, 0) is 115 Å². The highest BCUT2D eigenvalue weighted by Crippen LogP contribution is 2.40. The summed E-state index contributed by atoms with van der Waals surface area (Å²) in [6.07, 6.45) is -2.73. The number of nitrogens with one attached hydrogen (secondary N) is 3. The number of nitrogens with zero attached hydrogens (tertiary/aromatic N) is 5. The van der Waals surface area contributed by atoms with Gasteiger partial charge in [0, 0.05) is 38.0 Å². The Morgan fingerprint density at radius 2 is 1.56 bits per heavy atom. The first-order valence-electron chi connectivity index (χ1n) is 23.0. The molecule has 4 amide bonds. The number of aromatic amines is 1. The van der Waals surface area contributed by atoms with E-state index >= 15 is 0 Å². The van der Waals surface area contributed by atoms with Gasteiger partial charge in [-0.25, -0.2) is 0 Å². The van der Waals surface area contributed by atoms with Gasteiger partial charge in [0.05, 0.1) is 41.3 Å². The summed E-state index contributed by atoms with van der Waals surface area (Å²) in [6, 6.07) is 26.9. The molecule has 0 radical (unpaired) electrons. The van der Waals surface area contributed by atoms with E-state index in [-0.39, 0.29) is 43.5 Å². The van der Waals surface area contributed by atoms with Gasteiger partial charge in [0.15, 0.2) is 5.11 Å². The number of thiocarbonyl (C=S) groups is 1. The fourth-order valence-corrected chi connectivity index (χ4v) is 9.04. The highest BCUT2D eigenvalue weighted by atomic mass is 32.1. The lowest BCUT2D eigenvalue weighted by Crippen LogP contribution is -2.58.